The minimum Gasteiger partial charge on any atom is -0.302 e. The number of halogens is 4. The highest BCUT2D eigenvalue weighted by atomic mass is 19.4. The summed E-state index contributed by atoms with van der Waals surface area (Å²) < 4.78 is 52.4. The van der Waals surface area contributed by atoms with Crippen molar-refractivity contribution in [1.29, 1.82) is 0 Å². The minimum absolute atomic E-state index is 0.0367. The number of carbonyl (C=O) groups excluding carboxylic acids is 2. The van der Waals surface area contributed by atoms with Gasteiger partial charge in [-0.15, -0.1) is 0 Å². The molecular formula is C39H42F4N2O3. The van der Waals surface area contributed by atoms with E-state index in [9.17, 15) is 27.2 Å². The number of amides is 1. The number of hydrogen-bond acceptors (Lipinski definition) is 4. The van der Waals surface area contributed by atoms with Crippen LogP contribution in [0.5, 0.6) is 0 Å². The third-order valence-electron chi connectivity index (χ3n) is 9.42. The smallest absolute Gasteiger partial charge is 0.302 e. The van der Waals surface area contributed by atoms with Crippen molar-refractivity contribution in [2.45, 2.75) is 65.2 Å². The Balaban J connectivity index is 1.29. The number of alkyl halides is 3. The molecule has 0 saturated heterocycles. The van der Waals surface area contributed by atoms with Crippen molar-refractivity contribution in [2.75, 3.05) is 26.2 Å². The second kappa shape index (κ2) is 15.9. The average Bonchev–Trinajstić information content (AvgIpc) is 3.58. The van der Waals surface area contributed by atoms with E-state index in [0.717, 1.165) is 77.9 Å². The monoisotopic (exact) mass is 662 g/mol. The van der Waals surface area contributed by atoms with E-state index >= 15 is 0 Å². The van der Waals surface area contributed by atoms with Gasteiger partial charge in [-0.2, -0.15) is 13.2 Å². The van der Waals surface area contributed by atoms with Crippen molar-refractivity contribution in [1.82, 2.24) is 9.96 Å². The second-order valence-corrected chi connectivity index (χ2v) is 12.4. The molecule has 0 aliphatic heterocycles. The third-order valence-corrected chi connectivity index (χ3v) is 9.42. The van der Waals surface area contributed by atoms with Gasteiger partial charge in [-0.25, -0.2) is 9.45 Å². The maximum atomic E-state index is 14.0. The van der Waals surface area contributed by atoms with Gasteiger partial charge in [-0.05, 0) is 103 Å². The molecule has 5 nitrogen and oxygen atoms in total. The normalized spacial score (nSPS) is 16.4. The summed E-state index contributed by atoms with van der Waals surface area (Å²) >= 11 is 0. The Morgan fingerprint density at radius 2 is 1.46 bits per heavy atom. The van der Waals surface area contributed by atoms with Gasteiger partial charge in [0.25, 0.3) is 0 Å². The molecule has 0 N–H and O–H groups in total. The van der Waals surface area contributed by atoms with Crippen LogP contribution in [0, 0.1) is 11.7 Å². The van der Waals surface area contributed by atoms with Crippen LogP contribution in [0.4, 0.5) is 17.6 Å². The van der Waals surface area contributed by atoms with Gasteiger partial charge in [-0.3, -0.25) is 14.4 Å². The molecule has 1 amide bonds. The fraction of sp³-hybridized carbons (Fsp3) is 0.385. The van der Waals surface area contributed by atoms with Crippen molar-refractivity contribution in [3.05, 3.63) is 118 Å². The summed E-state index contributed by atoms with van der Waals surface area (Å²) in [7, 11) is 0. The van der Waals surface area contributed by atoms with Crippen LogP contribution in [0.3, 0.4) is 0 Å². The lowest BCUT2D eigenvalue weighted by Crippen LogP contribution is -2.39. The zero-order chi connectivity index (χ0) is 34.3. The van der Waals surface area contributed by atoms with Gasteiger partial charge in [0.05, 0.1) is 12.1 Å². The van der Waals surface area contributed by atoms with Gasteiger partial charge in [0.2, 0.25) is 5.91 Å². The number of allylic oxidation sites excluding steroid dienone is 4. The van der Waals surface area contributed by atoms with Gasteiger partial charge in [0.15, 0.2) is 5.78 Å². The maximum Gasteiger partial charge on any atom is 0.416 e. The van der Waals surface area contributed by atoms with E-state index in [0.29, 0.717) is 31.5 Å². The summed E-state index contributed by atoms with van der Waals surface area (Å²) in [6.45, 7) is 6.95. The fourth-order valence-corrected chi connectivity index (χ4v) is 6.56. The Kier molecular flexibility index (Phi) is 11.7. The number of aryl methyl sites for hydroxylation is 1. The topological polar surface area (TPSA) is 49.9 Å². The van der Waals surface area contributed by atoms with Crippen LogP contribution in [0.2, 0.25) is 0 Å². The first kappa shape index (κ1) is 35.2. The third kappa shape index (κ3) is 8.88. The number of benzene rings is 3. The van der Waals surface area contributed by atoms with Crippen LogP contribution in [0.1, 0.15) is 62.6 Å². The molecule has 1 unspecified atom stereocenters. The summed E-state index contributed by atoms with van der Waals surface area (Å²) in [6.07, 6.45) is 1.15. The standard InChI is InChI=1S/C39H42F4N2O3/c1-3-44(4-2)22-23-45(48-26-28-9-13-29(14-10-28)30-16-18-32(19-17-30)39(41,42)43)38(47)25-36-31(15-8-27-11-20-33(40)21-12-27)24-37(46)35-7-5-6-34(35)36/h9-14,16-21,24,36H,3-8,15,22-23,25-26H2,1-2H3. The van der Waals surface area contributed by atoms with E-state index < -0.39 is 11.7 Å². The molecule has 3 aromatic carbocycles. The van der Waals surface area contributed by atoms with Crippen LogP contribution in [-0.2, 0) is 33.6 Å². The minimum atomic E-state index is -4.39. The Hall–Kier alpha value is -4.08. The quantitative estimate of drug-likeness (QED) is 0.128. The molecule has 0 bridgehead atoms. The van der Waals surface area contributed by atoms with Crippen molar-refractivity contribution < 1.29 is 32.0 Å². The van der Waals surface area contributed by atoms with Crippen molar-refractivity contribution in [3.63, 3.8) is 0 Å². The summed E-state index contributed by atoms with van der Waals surface area (Å²) in [5.41, 5.74) is 5.36. The highest BCUT2D eigenvalue weighted by Crippen LogP contribution is 2.42. The first-order valence-corrected chi connectivity index (χ1v) is 16.7. The number of hydroxylamine groups is 2. The van der Waals surface area contributed by atoms with Crippen molar-refractivity contribution in [3.8, 4) is 11.1 Å². The van der Waals surface area contributed by atoms with Crippen molar-refractivity contribution in [2.24, 2.45) is 5.92 Å². The lowest BCUT2D eigenvalue weighted by molar-refractivity contribution is -0.193. The van der Waals surface area contributed by atoms with E-state index in [1.807, 2.05) is 24.3 Å². The first-order valence-electron chi connectivity index (χ1n) is 16.7. The number of carbonyl (C=O) groups is 2. The molecule has 2 aliphatic rings. The molecular weight excluding hydrogens is 620 g/mol. The molecule has 254 valence electrons. The molecule has 0 heterocycles. The van der Waals surface area contributed by atoms with Crippen LogP contribution < -0.4 is 0 Å². The fourth-order valence-electron chi connectivity index (χ4n) is 6.56. The van der Waals surface area contributed by atoms with E-state index in [-0.39, 0.29) is 36.5 Å². The average molecular weight is 663 g/mol. The molecule has 0 spiro atoms. The molecule has 1 atom stereocenters. The van der Waals surface area contributed by atoms with Gasteiger partial charge in [0, 0.05) is 18.9 Å². The predicted octanol–water partition coefficient (Wildman–Crippen LogP) is 8.74. The van der Waals surface area contributed by atoms with Gasteiger partial charge in [0.1, 0.15) is 12.4 Å². The summed E-state index contributed by atoms with van der Waals surface area (Å²) in [6, 6.07) is 18.8. The van der Waals surface area contributed by atoms with E-state index in [1.165, 1.54) is 29.3 Å². The largest absolute Gasteiger partial charge is 0.416 e. The van der Waals surface area contributed by atoms with Crippen LogP contribution >= 0.6 is 0 Å². The predicted molar refractivity (Wildman–Crippen MR) is 178 cm³/mol. The Morgan fingerprint density at radius 1 is 0.833 bits per heavy atom. The molecule has 0 saturated carbocycles. The molecule has 9 heteroatoms. The number of nitrogens with zero attached hydrogens (tertiary/aromatic N) is 2. The molecule has 48 heavy (non-hydrogen) atoms. The van der Waals surface area contributed by atoms with E-state index in [2.05, 4.69) is 18.7 Å². The number of ketones is 1. The number of rotatable bonds is 14. The molecule has 0 radical (unpaired) electrons. The molecule has 3 aromatic rings. The lowest BCUT2D eigenvalue weighted by atomic mass is 9.78. The summed E-state index contributed by atoms with van der Waals surface area (Å²) in [5.74, 6) is -0.602. The zero-order valence-electron chi connectivity index (χ0n) is 27.5. The summed E-state index contributed by atoms with van der Waals surface area (Å²) in [4.78, 5) is 35.4. The number of likely N-dealkylation sites (N-methyl/N-ethyl adjacent to an activating group) is 1. The zero-order valence-corrected chi connectivity index (χ0v) is 27.5. The Bertz CT molecular complexity index is 1620. The molecule has 0 aromatic heterocycles. The van der Waals surface area contributed by atoms with Gasteiger partial charge in [-0.1, -0.05) is 73.5 Å². The van der Waals surface area contributed by atoms with Crippen LogP contribution in [-0.4, -0.2) is 47.8 Å². The van der Waals surface area contributed by atoms with Crippen LogP contribution in [0.25, 0.3) is 11.1 Å². The summed E-state index contributed by atoms with van der Waals surface area (Å²) in [5, 5.41) is 1.45. The van der Waals surface area contributed by atoms with Crippen LogP contribution in [0.15, 0.2) is 95.6 Å². The highest BCUT2D eigenvalue weighted by Gasteiger charge is 2.35. The second-order valence-electron chi connectivity index (χ2n) is 12.4. The maximum absolute atomic E-state index is 14.0. The lowest BCUT2D eigenvalue weighted by Gasteiger charge is -2.30. The Morgan fingerprint density at radius 3 is 2.08 bits per heavy atom. The Labute approximate surface area is 279 Å². The number of hydrogen-bond donors (Lipinski definition) is 0. The van der Waals surface area contributed by atoms with E-state index in [1.54, 1.807) is 18.2 Å². The highest BCUT2D eigenvalue weighted by molar-refractivity contribution is 6.07. The molecule has 2 aliphatic carbocycles. The SMILES string of the molecule is CCN(CC)CCN(OCc1ccc(-c2ccc(C(F)(F)F)cc2)cc1)C(=O)CC1C(CCc2ccc(F)cc2)=CC(=O)C2=C1CCC2. The van der Waals surface area contributed by atoms with Crippen molar-refractivity contribution >= 4 is 11.7 Å². The van der Waals surface area contributed by atoms with Gasteiger partial charge < -0.3 is 4.90 Å². The van der Waals surface area contributed by atoms with Gasteiger partial charge >= 0.3 is 6.18 Å². The molecule has 5 rings (SSSR count). The molecule has 0 fully saturated rings. The van der Waals surface area contributed by atoms with E-state index in [4.69, 9.17) is 4.84 Å². The first-order chi connectivity index (χ1) is 23.0.